The number of hydrogen-bond acceptors (Lipinski definition) is 4. The number of thioether (sulfide) groups is 1. The summed E-state index contributed by atoms with van der Waals surface area (Å²) in [6.07, 6.45) is 5.57. The number of hydrogen-bond donors (Lipinski definition) is 1. The summed E-state index contributed by atoms with van der Waals surface area (Å²) in [5.74, 6) is 1.82. The fourth-order valence-electron chi connectivity index (χ4n) is 2.19. The average Bonchev–Trinajstić information content (AvgIpc) is 3.28. The van der Waals surface area contributed by atoms with Crippen LogP contribution in [0.25, 0.3) is 0 Å². The topological polar surface area (TPSA) is 68.0 Å². The van der Waals surface area contributed by atoms with Crippen molar-refractivity contribution >= 4 is 17.7 Å². The van der Waals surface area contributed by atoms with E-state index >= 15 is 0 Å². The second-order valence-corrected chi connectivity index (χ2v) is 7.57. The molecule has 20 heavy (non-hydrogen) atoms. The van der Waals surface area contributed by atoms with Crippen molar-refractivity contribution in [2.75, 3.05) is 5.75 Å². The molecule has 0 unspecified atom stereocenters. The molecule has 0 aromatic carbocycles. The van der Waals surface area contributed by atoms with Gasteiger partial charge < -0.3 is 9.67 Å². The third-order valence-corrected chi connectivity index (χ3v) is 5.03. The van der Waals surface area contributed by atoms with Gasteiger partial charge in [-0.1, -0.05) is 11.8 Å². The van der Waals surface area contributed by atoms with Crippen molar-refractivity contribution < 1.29 is 9.90 Å². The first-order chi connectivity index (χ1) is 9.49. The minimum absolute atomic E-state index is 0.593. The number of carboxylic acids is 1. The van der Waals surface area contributed by atoms with E-state index in [9.17, 15) is 4.79 Å². The molecule has 0 aliphatic heterocycles. The molecule has 2 aliphatic carbocycles. The lowest BCUT2D eigenvalue weighted by molar-refractivity contribution is -0.146. The molecule has 2 aliphatic rings. The van der Waals surface area contributed by atoms with E-state index in [4.69, 9.17) is 5.11 Å². The van der Waals surface area contributed by atoms with Crippen LogP contribution in [0, 0.1) is 5.41 Å². The third-order valence-electron chi connectivity index (χ3n) is 4.08. The highest BCUT2D eigenvalue weighted by Gasteiger charge is 2.36. The Bertz CT molecular complexity index is 518. The van der Waals surface area contributed by atoms with Crippen molar-refractivity contribution in [3.63, 3.8) is 0 Å². The fraction of sp³-hybridized carbons (Fsp3) is 0.786. The van der Waals surface area contributed by atoms with Crippen molar-refractivity contribution in [1.82, 2.24) is 14.8 Å². The van der Waals surface area contributed by atoms with Crippen molar-refractivity contribution in [2.24, 2.45) is 5.41 Å². The number of nitrogens with zero attached hydrogens (tertiary/aromatic N) is 3. The number of aromatic nitrogens is 3. The SMILES string of the molecule is CC(C)(CCSc1nnc(C2CC2)n1C1CC1)C(=O)O. The number of rotatable bonds is 7. The van der Waals surface area contributed by atoms with Crippen LogP contribution in [0.5, 0.6) is 0 Å². The summed E-state index contributed by atoms with van der Waals surface area (Å²) >= 11 is 1.65. The summed E-state index contributed by atoms with van der Waals surface area (Å²) in [6, 6.07) is 0.593. The third kappa shape index (κ3) is 2.85. The van der Waals surface area contributed by atoms with Gasteiger partial charge in [-0.3, -0.25) is 4.79 Å². The van der Waals surface area contributed by atoms with Crippen molar-refractivity contribution in [1.29, 1.82) is 0 Å². The standard InChI is InChI=1S/C14H21N3O2S/c1-14(2,12(18)19)7-8-20-13-16-15-11(9-3-4-9)17(13)10-5-6-10/h9-10H,3-8H2,1-2H3,(H,18,19). The van der Waals surface area contributed by atoms with Gasteiger partial charge in [-0.15, -0.1) is 10.2 Å². The fourth-order valence-corrected chi connectivity index (χ4v) is 3.46. The molecule has 0 spiro atoms. The lowest BCUT2D eigenvalue weighted by Gasteiger charge is -2.18. The van der Waals surface area contributed by atoms with Crippen LogP contribution in [0.2, 0.25) is 0 Å². The van der Waals surface area contributed by atoms with E-state index < -0.39 is 11.4 Å². The molecule has 0 amide bonds. The molecule has 0 radical (unpaired) electrons. The Morgan fingerprint density at radius 3 is 2.60 bits per heavy atom. The van der Waals surface area contributed by atoms with Gasteiger partial charge in [-0.05, 0) is 46.0 Å². The highest BCUT2D eigenvalue weighted by molar-refractivity contribution is 7.99. The average molecular weight is 295 g/mol. The molecule has 1 heterocycles. The maximum atomic E-state index is 11.1. The molecule has 1 N–H and O–H groups in total. The van der Waals surface area contributed by atoms with Gasteiger partial charge >= 0.3 is 5.97 Å². The van der Waals surface area contributed by atoms with Crippen LogP contribution in [0.4, 0.5) is 0 Å². The van der Waals surface area contributed by atoms with Crippen molar-refractivity contribution in [3.8, 4) is 0 Å². The predicted molar refractivity (Wildman–Crippen MR) is 77.0 cm³/mol. The monoisotopic (exact) mass is 295 g/mol. The number of carboxylic acid groups (broad SMARTS) is 1. The first-order valence-corrected chi connectivity index (χ1v) is 8.28. The van der Waals surface area contributed by atoms with Crippen molar-refractivity contribution in [2.45, 2.75) is 63.1 Å². The summed E-state index contributed by atoms with van der Waals surface area (Å²) < 4.78 is 2.32. The van der Waals surface area contributed by atoms with Gasteiger partial charge in [0, 0.05) is 17.7 Å². The first-order valence-electron chi connectivity index (χ1n) is 7.30. The molecule has 6 heteroatoms. The van der Waals surface area contributed by atoms with Crippen LogP contribution in [0.3, 0.4) is 0 Å². The summed E-state index contributed by atoms with van der Waals surface area (Å²) in [5.41, 5.74) is -0.670. The van der Waals surface area contributed by atoms with Crippen LogP contribution in [-0.2, 0) is 4.79 Å². The van der Waals surface area contributed by atoms with Gasteiger partial charge in [0.15, 0.2) is 5.16 Å². The highest BCUT2D eigenvalue weighted by Crippen LogP contribution is 2.46. The smallest absolute Gasteiger partial charge is 0.309 e. The summed E-state index contributed by atoms with van der Waals surface area (Å²) in [4.78, 5) is 11.1. The second kappa shape index (κ2) is 5.06. The van der Waals surface area contributed by atoms with Crippen LogP contribution in [-0.4, -0.2) is 31.6 Å². The lowest BCUT2D eigenvalue weighted by atomic mass is 9.91. The van der Waals surface area contributed by atoms with Gasteiger partial charge in [0.2, 0.25) is 0 Å². The minimum Gasteiger partial charge on any atom is -0.481 e. The normalized spacial score (nSPS) is 19.3. The van der Waals surface area contributed by atoms with E-state index in [2.05, 4.69) is 14.8 Å². The van der Waals surface area contributed by atoms with E-state index in [1.54, 1.807) is 25.6 Å². The van der Waals surface area contributed by atoms with Gasteiger partial charge in [0.25, 0.3) is 0 Å². The molecule has 2 fully saturated rings. The zero-order chi connectivity index (χ0) is 14.3. The quantitative estimate of drug-likeness (QED) is 0.783. The summed E-state index contributed by atoms with van der Waals surface area (Å²) in [5, 5.41) is 18.8. The Morgan fingerprint density at radius 2 is 2.05 bits per heavy atom. The van der Waals surface area contributed by atoms with Crippen LogP contribution >= 0.6 is 11.8 Å². The molecule has 110 valence electrons. The largest absolute Gasteiger partial charge is 0.481 e. The van der Waals surface area contributed by atoms with Crippen LogP contribution in [0.15, 0.2) is 5.16 Å². The molecule has 2 saturated carbocycles. The molecular formula is C14H21N3O2S. The highest BCUT2D eigenvalue weighted by atomic mass is 32.2. The summed E-state index contributed by atoms with van der Waals surface area (Å²) in [7, 11) is 0. The second-order valence-electron chi connectivity index (χ2n) is 6.50. The maximum absolute atomic E-state index is 11.1. The minimum atomic E-state index is -0.736. The van der Waals surface area contributed by atoms with Crippen molar-refractivity contribution in [3.05, 3.63) is 5.82 Å². The lowest BCUT2D eigenvalue weighted by Crippen LogP contribution is -2.24. The molecule has 5 nitrogen and oxygen atoms in total. The molecule has 1 aromatic heterocycles. The molecule has 1 aromatic rings. The molecule has 3 rings (SSSR count). The molecule has 0 atom stereocenters. The van der Waals surface area contributed by atoms with Gasteiger partial charge in [-0.25, -0.2) is 0 Å². The Labute approximate surface area is 123 Å². The van der Waals surface area contributed by atoms with E-state index in [0.29, 0.717) is 18.4 Å². The van der Waals surface area contributed by atoms with E-state index in [1.165, 1.54) is 25.7 Å². The van der Waals surface area contributed by atoms with E-state index in [-0.39, 0.29) is 0 Å². The molecular weight excluding hydrogens is 274 g/mol. The first kappa shape index (κ1) is 13.9. The molecule has 0 saturated heterocycles. The number of aliphatic carboxylic acids is 1. The van der Waals surface area contributed by atoms with Crippen LogP contribution < -0.4 is 0 Å². The zero-order valence-corrected chi connectivity index (χ0v) is 12.8. The Hall–Kier alpha value is -1.04. The number of carbonyl (C=O) groups is 1. The van der Waals surface area contributed by atoms with E-state index in [0.717, 1.165) is 16.7 Å². The molecule has 0 bridgehead atoms. The Kier molecular flexibility index (Phi) is 3.52. The van der Waals surface area contributed by atoms with Gasteiger partial charge in [0.1, 0.15) is 5.82 Å². The Balaban J connectivity index is 1.64. The predicted octanol–water partition coefficient (Wildman–Crippen LogP) is 3.08. The summed E-state index contributed by atoms with van der Waals surface area (Å²) in [6.45, 7) is 3.55. The van der Waals surface area contributed by atoms with E-state index in [1.807, 2.05) is 0 Å². The zero-order valence-electron chi connectivity index (χ0n) is 12.0. The maximum Gasteiger partial charge on any atom is 0.309 e. The van der Waals surface area contributed by atoms with Crippen LogP contribution in [0.1, 0.15) is 63.7 Å². The Morgan fingerprint density at radius 1 is 1.35 bits per heavy atom. The van der Waals surface area contributed by atoms with Gasteiger partial charge in [-0.2, -0.15) is 0 Å². The van der Waals surface area contributed by atoms with Gasteiger partial charge in [0.05, 0.1) is 5.41 Å².